The van der Waals surface area contributed by atoms with Gasteiger partial charge >= 0.3 is 0 Å². The molecule has 4 rings (SSSR count). The van der Waals surface area contributed by atoms with Crippen LogP contribution in [0.4, 0.5) is 11.5 Å². The molecule has 0 fully saturated rings. The molecular formula is C27H21N5O4. The molecule has 9 nitrogen and oxygen atoms in total. The summed E-state index contributed by atoms with van der Waals surface area (Å²) < 4.78 is 11.4. The molecule has 1 aliphatic rings. The molecule has 0 amide bonds. The lowest BCUT2D eigenvalue weighted by atomic mass is 9.95. The van der Waals surface area contributed by atoms with Crippen molar-refractivity contribution in [3.8, 4) is 23.6 Å². The third-order valence-corrected chi connectivity index (χ3v) is 6.00. The number of anilines is 1. The summed E-state index contributed by atoms with van der Waals surface area (Å²) in [5.41, 5.74) is 11.5. The first-order chi connectivity index (χ1) is 17.3. The third kappa shape index (κ3) is 4.22. The molecule has 3 aromatic rings. The molecular weight excluding hydrogens is 458 g/mol. The second-order valence-electron chi connectivity index (χ2n) is 8.13. The topological polar surface area (TPSA) is 148 Å². The van der Waals surface area contributed by atoms with Gasteiger partial charge in [0.2, 0.25) is 0 Å². The SMILES string of the molecule is COc1cc(/C=C2/C(C)=C(C#N)c3nc(N)c(C#N)c(C)c32)ccc1OCc1cccc([N+](=O)[O-])c1. The molecule has 9 heteroatoms. The summed E-state index contributed by atoms with van der Waals surface area (Å²) in [6.45, 7) is 3.76. The number of nitro groups is 1. The Labute approximate surface area is 207 Å². The van der Waals surface area contributed by atoms with Gasteiger partial charge in [0, 0.05) is 17.7 Å². The van der Waals surface area contributed by atoms with Crippen molar-refractivity contribution in [2.45, 2.75) is 20.5 Å². The second-order valence-corrected chi connectivity index (χ2v) is 8.13. The molecule has 1 aliphatic carbocycles. The van der Waals surface area contributed by atoms with Crippen molar-refractivity contribution in [2.75, 3.05) is 12.8 Å². The molecule has 0 radical (unpaired) electrons. The molecule has 0 unspecified atom stereocenters. The lowest BCUT2D eigenvalue weighted by molar-refractivity contribution is -0.384. The molecule has 0 saturated heterocycles. The van der Waals surface area contributed by atoms with E-state index in [1.807, 2.05) is 19.1 Å². The highest BCUT2D eigenvalue weighted by atomic mass is 16.6. The Kier molecular flexibility index (Phi) is 6.40. The van der Waals surface area contributed by atoms with E-state index in [-0.39, 0.29) is 23.7 Å². The average Bonchev–Trinajstić information content (AvgIpc) is 3.13. The van der Waals surface area contributed by atoms with Gasteiger partial charge in [0.25, 0.3) is 5.69 Å². The first kappa shape index (κ1) is 24.0. The highest BCUT2D eigenvalue weighted by Gasteiger charge is 2.29. The van der Waals surface area contributed by atoms with Gasteiger partial charge in [-0.3, -0.25) is 10.1 Å². The van der Waals surface area contributed by atoms with E-state index in [2.05, 4.69) is 17.1 Å². The number of fused-ring (bicyclic) bond motifs is 1. The lowest BCUT2D eigenvalue weighted by Gasteiger charge is -2.13. The molecule has 0 saturated carbocycles. The number of nitrogen functional groups attached to an aromatic ring is 1. The maximum Gasteiger partial charge on any atom is 0.269 e. The molecule has 36 heavy (non-hydrogen) atoms. The van der Waals surface area contributed by atoms with E-state index in [4.69, 9.17) is 15.2 Å². The number of nitrogens with zero attached hydrogens (tertiary/aromatic N) is 4. The number of nitriles is 2. The van der Waals surface area contributed by atoms with Crippen LogP contribution in [0.3, 0.4) is 0 Å². The van der Waals surface area contributed by atoms with Gasteiger partial charge in [-0.05, 0) is 59.9 Å². The maximum atomic E-state index is 11.0. The minimum atomic E-state index is -0.452. The zero-order valence-corrected chi connectivity index (χ0v) is 19.8. The number of pyridine rings is 1. The summed E-state index contributed by atoms with van der Waals surface area (Å²) in [6, 6.07) is 15.9. The van der Waals surface area contributed by atoms with Crippen molar-refractivity contribution in [2.24, 2.45) is 0 Å². The molecule has 0 atom stereocenters. The van der Waals surface area contributed by atoms with E-state index in [1.165, 1.54) is 19.2 Å². The molecule has 0 spiro atoms. The smallest absolute Gasteiger partial charge is 0.269 e. The number of benzene rings is 2. The molecule has 178 valence electrons. The van der Waals surface area contributed by atoms with Crippen molar-refractivity contribution in [1.29, 1.82) is 10.5 Å². The van der Waals surface area contributed by atoms with E-state index in [0.29, 0.717) is 39.5 Å². The minimum Gasteiger partial charge on any atom is -0.493 e. The van der Waals surface area contributed by atoms with Gasteiger partial charge in [0.05, 0.1) is 28.9 Å². The number of aromatic nitrogens is 1. The first-order valence-electron chi connectivity index (χ1n) is 10.9. The van der Waals surface area contributed by atoms with Crippen LogP contribution in [-0.4, -0.2) is 17.0 Å². The Morgan fingerprint density at radius 3 is 2.58 bits per heavy atom. The second kappa shape index (κ2) is 9.61. The highest BCUT2D eigenvalue weighted by Crippen LogP contribution is 2.44. The highest BCUT2D eigenvalue weighted by molar-refractivity contribution is 6.08. The van der Waals surface area contributed by atoms with E-state index < -0.39 is 4.92 Å². The quantitative estimate of drug-likeness (QED) is 0.375. The third-order valence-electron chi connectivity index (χ3n) is 6.00. The number of nitrogens with two attached hydrogens (primary N) is 1. The molecule has 1 heterocycles. The fourth-order valence-corrected chi connectivity index (χ4v) is 4.18. The summed E-state index contributed by atoms with van der Waals surface area (Å²) in [5.74, 6) is 1.04. The van der Waals surface area contributed by atoms with Gasteiger partial charge in [-0.1, -0.05) is 18.2 Å². The van der Waals surface area contributed by atoms with E-state index in [1.54, 1.807) is 31.2 Å². The van der Waals surface area contributed by atoms with Crippen LogP contribution < -0.4 is 15.2 Å². The number of rotatable bonds is 6. The zero-order valence-electron chi connectivity index (χ0n) is 19.8. The number of ether oxygens (including phenoxy) is 2. The van der Waals surface area contributed by atoms with E-state index in [0.717, 1.165) is 16.7 Å². The number of hydrogen-bond donors (Lipinski definition) is 1. The molecule has 0 bridgehead atoms. The van der Waals surface area contributed by atoms with Crippen LogP contribution in [0.5, 0.6) is 11.5 Å². The summed E-state index contributed by atoms with van der Waals surface area (Å²) in [5, 5.41) is 30.3. The standard InChI is InChI=1S/C27H21N5O4/c1-15-20(25-16(2)22(13-29)27(30)31-26(25)21(15)12-28)10-17-7-8-23(24(11-17)35-3)36-14-18-5-4-6-19(9-18)32(33)34/h4-11H,14H2,1-3H3,(H2,30,31)/b20-10-. The van der Waals surface area contributed by atoms with Crippen LogP contribution in [0.2, 0.25) is 0 Å². The molecule has 2 aromatic carbocycles. The predicted octanol–water partition coefficient (Wildman–Crippen LogP) is 5.19. The minimum absolute atomic E-state index is 0.00635. The Bertz CT molecular complexity index is 1560. The molecule has 0 aliphatic heterocycles. The summed E-state index contributed by atoms with van der Waals surface area (Å²) >= 11 is 0. The molecule has 1 aromatic heterocycles. The maximum absolute atomic E-state index is 11.0. The first-order valence-corrected chi connectivity index (χ1v) is 10.9. The Hall–Kier alpha value is -5.15. The fraction of sp³-hybridized carbons (Fsp3) is 0.148. The van der Waals surface area contributed by atoms with Gasteiger partial charge in [0.15, 0.2) is 11.5 Å². The monoisotopic (exact) mass is 479 g/mol. The summed E-state index contributed by atoms with van der Waals surface area (Å²) in [4.78, 5) is 14.9. The Morgan fingerprint density at radius 1 is 1.14 bits per heavy atom. The zero-order chi connectivity index (χ0) is 26.0. The van der Waals surface area contributed by atoms with Crippen molar-refractivity contribution in [3.05, 3.63) is 91.7 Å². The van der Waals surface area contributed by atoms with Crippen LogP contribution >= 0.6 is 0 Å². The van der Waals surface area contributed by atoms with Gasteiger partial charge in [0.1, 0.15) is 24.6 Å². The molecule has 2 N–H and O–H groups in total. The number of methoxy groups -OCH3 is 1. The van der Waals surface area contributed by atoms with E-state index >= 15 is 0 Å². The van der Waals surface area contributed by atoms with Crippen molar-refractivity contribution in [1.82, 2.24) is 4.98 Å². The van der Waals surface area contributed by atoms with Gasteiger partial charge in [-0.2, -0.15) is 10.5 Å². The van der Waals surface area contributed by atoms with Gasteiger partial charge < -0.3 is 15.2 Å². The van der Waals surface area contributed by atoms with Crippen LogP contribution in [0.1, 0.15) is 40.4 Å². The predicted molar refractivity (Wildman–Crippen MR) is 135 cm³/mol. The number of nitro benzene ring substituents is 1. The largest absolute Gasteiger partial charge is 0.493 e. The summed E-state index contributed by atoms with van der Waals surface area (Å²) in [7, 11) is 1.52. The van der Waals surface area contributed by atoms with Crippen LogP contribution in [0.15, 0.2) is 48.0 Å². The summed E-state index contributed by atoms with van der Waals surface area (Å²) in [6.07, 6.45) is 1.90. The fourth-order valence-electron chi connectivity index (χ4n) is 4.18. The normalized spacial score (nSPS) is 13.2. The van der Waals surface area contributed by atoms with E-state index in [9.17, 15) is 20.6 Å². The van der Waals surface area contributed by atoms with Gasteiger partial charge in [-0.25, -0.2) is 4.98 Å². The van der Waals surface area contributed by atoms with Crippen LogP contribution in [0.25, 0.3) is 17.2 Å². The number of non-ortho nitro benzene ring substituents is 1. The van der Waals surface area contributed by atoms with Crippen LogP contribution in [0, 0.1) is 39.7 Å². The lowest BCUT2D eigenvalue weighted by Crippen LogP contribution is -2.03. The number of hydrogen-bond acceptors (Lipinski definition) is 8. The Balaban J connectivity index is 1.70. The van der Waals surface area contributed by atoms with Gasteiger partial charge in [-0.15, -0.1) is 0 Å². The Morgan fingerprint density at radius 2 is 1.92 bits per heavy atom. The van der Waals surface area contributed by atoms with Crippen molar-refractivity contribution >= 4 is 28.7 Å². The van der Waals surface area contributed by atoms with Crippen LogP contribution in [-0.2, 0) is 6.61 Å². The van der Waals surface area contributed by atoms with Crippen molar-refractivity contribution < 1.29 is 14.4 Å². The van der Waals surface area contributed by atoms with Crippen molar-refractivity contribution in [3.63, 3.8) is 0 Å². The average molecular weight is 479 g/mol. The number of allylic oxidation sites excluding steroid dienone is 3.